The Hall–Kier alpha value is -6.52. The first-order valence-corrected chi connectivity index (χ1v) is 17.1. The molecule has 2 aromatic heterocycles. The van der Waals surface area contributed by atoms with Crippen LogP contribution in [0.25, 0.3) is 55.3 Å². The Morgan fingerprint density at radius 2 is 1.08 bits per heavy atom. The molecule has 0 unspecified atom stereocenters. The third-order valence-corrected chi connectivity index (χ3v) is 9.96. The van der Waals surface area contributed by atoms with Gasteiger partial charge >= 0.3 is 0 Å². The molecule has 0 atom stereocenters. The lowest BCUT2D eigenvalue weighted by Crippen LogP contribution is -2.16. The minimum atomic E-state index is 0.862. The number of rotatable bonds is 4. The van der Waals surface area contributed by atoms with Gasteiger partial charge in [0.25, 0.3) is 0 Å². The van der Waals surface area contributed by atoms with E-state index in [-0.39, 0.29) is 0 Å². The SMILES string of the molecule is Cc1ccc2c(c1)Oc1cc(C)ccc1N2c1cccc(-n2c3ccccc3c3ccc4cc(-c5ccccc5)n(-c5ccccc5)c4c32)c1. The number of ether oxygens (including phenoxy) is 1. The number of benzene rings is 7. The van der Waals surface area contributed by atoms with E-state index < -0.39 is 0 Å². The third-order valence-electron chi connectivity index (χ3n) is 9.96. The minimum Gasteiger partial charge on any atom is -0.453 e. The lowest BCUT2D eigenvalue weighted by Gasteiger charge is -2.33. The summed E-state index contributed by atoms with van der Waals surface area (Å²) in [4.78, 5) is 2.33. The Kier molecular flexibility index (Phi) is 6.27. The second-order valence-corrected chi connectivity index (χ2v) is 13.2. The van der Waals surface area contributed by atoms with Crippen molar-refractivity contribution < 1.29 is 4.74 Å². The van der Waals surface area contributed by atoms with Crippen LogP contribution in [0.15, 0.2) is 164 Å². The Labute approximate surface area is 290 Å². The zero-order valence-corrected chi connectivity index (χ0v) is 27.8. The van der Waals surface area contributed by atoms with Gasteiger partial charge in [-0.05, 0) is 97.3 Å². The predicted molar refractivity (Wildman–Crippen MR) is 207 cm³/mol. The molecule has 0 bridgehead atoms. The molecule has 0 spiro atoms. The molecule has 9 aromatic rings. The van der Waals surface area contributed by atoms with Crippen molar-refractivity contribution in [3.8, 4) is 34.1 Å². The number of fused-ring (bicyclic) bond motifs is 7. The van der Waals surface area contributed by atoms with Gasteiger partial charge < -0.3 is 18.8 Å². The van der Waals surface area contributed by atoms with Crippen LogP contribution < -0.4 is 9.64 Å². The number of aryl methyl sites for hydroxylation is 2. The van der Waals surface area contributed by atoms with Crippen molar-refractivity contribution in [2.24, 2.45) is 0 Å². The van der Waals surface area contributed by atoms with Gasteiger partial charge in [-0.15, -0.1) is 0 Å². The highest BCUT2D eigenvalue weighted by Crippen LogP contribution is 2.51. The van der Waals surface area contributed by atoms with Gasteiger partial charge in [-0.25, -0.2) is 0 Å². The van der Waals surface area contributed by atoms with E-state index in [1.54, 1.807) is 0 Å². The van der Waals surface area contributed by atoms with Gasteiger partial charge in [-0.2, -0.15) is 0 Å². The number of aromatic nitrogens is 2. The van der Waals surface area contributed by atoms with Crippen molar-refractivity contribution in [1.82, 2.24) is 9.13 Å². The Morgan fingerprint density at radius 3 is 1.82 bits per heavy atom. The molecule has 4 nitrogen and oxygen atoms in total. The highest BCUT2D eigenvalue weighted by atomic mass is 16.5. The van der Waals surface area contributed by atoms with Crippen LogP contribution in [-0.2, 0) is 0 Å². The van der Waals surface area contributed by atoms with Gasteiger partial charge in [0.05, 0.1) is 33.6 Å². The van der Waals surface area contributed by atoms with Gasteiger partial charge in [0.2, 0.25) is 0 Å². The van der Waals surface area contributed by atoms with E-state index >= 15 is 0 Å². The molecular formula is C46H33N3O. The molecule has 0 saturated carbocycles. The van der Waals surface area contributed by atoms with Crippen LogP contribution in [-0.4, -0.2) is 9.13 Å². The van der Waals surface area contributed by atoms with Crippen LogP contribution in [0, 0.1) is 13.8 Å². The molecule has 50 heavy (non-hydrogen) atoms. The molecule has 0 fully saturated rings. The average Bonchev–Trinajstić information content (AvgIpc) is 3.71. The fraction of sp³-hybridized carbons (Fsp3) is 0.0435. The molecule has 10 rings (SSSR count). The van der Waals surface area contributed by atoms with Crippen LogP contribution in [0.1, 0.15) is 11.1 Å². The van der Waals surface area contributed by atoms with Crippen molar-refractivity contribution in [3.05, 3.63) is 175 Å². The van der Waals surface area contributed by atoms with E-state index in [0.29, 0.717) is 0 Å². The monoisotopic (exact) mass is 643 g/mol. The number of anilines is 3. The molecule has 0 aliphatic carbocycles. The normalized spacial score (nSPS) is 12.3. The smallest absolute Gasteiger partial charge is 0.151 e. The molecule has 3 heterocycles. The summed E-state index contributed by atoms with van der Waals surface area (Å²) in [6.07, 6.45) is 0. The Balaban J connectivity index is 1.28. The maximum absolute atomic E-state index is 6.50. The second-order valence-electron chi connectivity index (χ2n) is 13.2. The number of para-hydroxylation sites is 2. The van der Waals surface area contributed by atoms with E-state index in [1.165, 1.54) is 49.4 Å². The first-order valence-electron chi connectivity index (χ1n) is 17.1. The Bertz CT molecular complexity index is 2700. The molecule has 0 radical (unpaired) electrons. The van der Waals surface area contributed by atoms with Gasteiger partial charge in [-0.1, -0.05) is 97.1 Å². The van der Waals surface area contributed by atoms with Crippen LogP contribution >= 0.6 is 0 Å². The summed E-state index contributed by atoms with van der Waals surface area (Å²) in [5, 5.41) is 3.65. The molecule has 238 valence electrons. The standard InChI is InChI=1S/C46H33N3O/c1-30-20-24-40-43(26-30)50-44-27-31(2)21-25-41(44)47(40)35-16-11-17-36(29-35)49-39-19-10-9-18-37(39)38-23-22-33-28-42(32-12-5-3-6-13-32)48(45(33)46(38)49)34-14-7-4-8-15-34/h3-29H,1-2H3. The molecule has 0 saturated heterocycles. The zero-order valence-electron chi connectivity index (χ0n) is 27.8. The maximum atomic E-state index is 6.50. The van der Waals surface area contributed by atoms with Crippen molar-refractivity contribution >= 4 is 49.8 Å². The fourth-order valence-electron chi connectivity index (χ4n) is 7.75. The predicted octanol–water partition coefficient (Wildman–Crippen LogP) is 12.6. The minimum absolute atomic E-state index is 0.862. The zero-order chi connectivity index (χ0) is 33.3. The first-order chi connectivity index (χ1) is 24.6. The van der Waals surface area contributed by atoms with Crippen molar-refractivity contribution in [3.63, 3.8) is 0 Å². The average molecular weight is 644 g/mol. The number of hydrogen-bond acceptors (Lipinski definition) is 2. The lowest BCUT2D eigenvalue weighted by molar-refractivity contribution is 0.476. The summed E-state index contributed by atoms with van der Waals surface area (Å²) in [5.74, 6) is 1.72. The maximum Gasteiger partial charge on any atom is 0.151 e. The molecule has 0 N–H and O–H groups in total. The third kappa shape index (κ3) is 4.32. The Morgan fingerprint density at radius 1 is 0.440 bits per heavy atom. The fourth-order valence-corrected chi connectivity index (χ4v) is 7.75. The summed E-state index contributed by atoms with van der Waals surface area (Å²) in [6.45, 7) is 4.22. The summed E-state index contributed by atoms with van der Waals surface area (Å²) in [6, 6.07) is 59.0. The largest absolute Gasteiger partial charge is 0.453 e. The second kappa shape index (κ2) is 11.0. The highest BCUT2D eigenvalue weighted by Gasteiger charge is 2.27. The van der Waals surface area contributed by atoms with E-state index in [4.69, 9.17) is 4.74 Å². The topological polar surface area (TPSA) is 22.3 Å². The summed E-state index contributed by atoms with van der Waals surface area (Å²) < 4.78 is 11.4. The van der Waals surface area contributed by atoms with Gasteiger partial charge in [0.15, 0.2) is 11.5 Å². The molecular weight excluding hydrogens is 611 g/mol. The van der Waals surface area contributed by atoms with Gasteiger partial charge in [-0.3, -0.25) is 0 Å². The molecule has 0 amide bonds. The van der Waals surface area contributed by atoms with E-state index in [0.717, 1.165) is 45.6 Å². The summed E-state index contributed by atoms with van der Waals surface area (Å²) >= 11 is 0. The summed E-state index contributed by atoms with van der Waals surface area (Å²) in [7, 11) is 0. The van der Waals surface area contributed by atoms with E-state index in [9.17, 15) is 0 Å². The molecule has 1 aliphatic rings. The van der Waals surface area contributed by atoms with Crippen LogP contribution in [0.4, 0.5) is 17.1 Å². The van der Waals surface area contributed by atoms with Gasteiger partial charge in [0.1, 0.15) is 0 Å². The van der Waals surface area contributed by atoms with Crippen LogP contribution in [0.3, 0.4) is 0 Å². The molecule has 4 heteroatoms. The van der Waals surface area contributed by atoms with Crippen molar-refractivity contribution in [2.75, 3.05) is 4.90 Å². The van der Waals surface area contributed by atoms with Crippen LogP contribution in [0.2, 0.25) is 0 Å². The number of nitrogens with zero attached hydrogens (tertiary/aromatic N) is 3. The summed E-state index contributed by atoms with van der Waals surface area (Å²) in [5.41, 5.74) is 13.6. The number of hydrogen-bond donors (Lipinski definition) is 0. The molecule has 1 aliphatic heterocycles. The first kappa shape index (κ1) is 28.5. The van der Waals surface area contributed by atoms with Gasteiger partial charge in [0, 0.05) is 33.2 Å². The quantitative estimate of drug-likeness (QED) is 0.190. The van der Waals surface area contributed by atoms with E-state index in [1.807, 2.05) is 0 Å². The van der Waals surface area contributed by atoms with E-state index in [2.05, 4.69) is 192 Å². The lowest BCUT2D eigenvalue weighted by atomic mass is 10.1. The van der Waals surface area contributed by atoms with Crippen LogP contribution in [0.5, 0.6) is 11.5 Å². The highest BCUT2D eigenvalue weighted by molar-refractivity contribution is 6.19. The molecule has 7 aromatic carbocycles. The van der Waals surface area contributed by atoms with Crippen molar-refractivity contribution in [2.45, 2.75) is 13.8 Å². The van der Waals surface area contributed by atoms with Crippen molar-refractivity contribution in [1.29, 1.82) is 0 Å².